The molecule has 4 nitrogen and oxygen atoms in total. The zero-order valence-corrected chi connectivity index (χ0v) is 22.9. The lowest BCUT2D eigenvalue weighted by atomic mass is 9.96. The Kier molecular flexibility index (Phi) is 10.9. The van der Waals surface area contributed by atoms with Crippen LogP contribution in [0.2, 0.25) is 15.1 Å². The van der Waals surface area contributed by atoms with Crippen molar-refractivity contribution in [1.82, 2.24) is 5.32 Å². The van der Waals surface area contributed by atoms with Crippen LogP contribution in [0.15, 0.2) is 36.4 Å². The van der Waals surface area contributed by atoms with Crippen LogP contribution in [0.1, 0.15) is 39.9 Å². The van der Waals surface area contributed by atoms with E-state index in [1.165, 1.54) is 0 Å². The van der Waals surface area contributed by atoms with E-state index >= 15 is 0 Å². The van der Waals surface area contributed by atoms with E-state index in [1.807, 2.05) is 5.32 Å². The van der Waals surface area contributed by atoms with Gasteiger partial charge in [-0.1, -0.05) is 40.9 Å². The zero-order valence-electron chi connectivity index (χ0n) is 19.8. The van der Waals surface area contributed by atoms with Crippen molar-refractivity contribution in [2.45, 2.75) is 37.7 Å². The van der Waals surface area contributed by atoms with Gasteiger partial charge in [0.15, 0.2) is 9.84 Å². The summed E-state index contributed by atoms with van der Waals surface area (Å²) in [6.45, 7) is 0.954. The average Bonchev–Trinajstić information content (AvgIpc) is 2.77. The highest BCUT2D eigenvalue weighted by atomic mass is 35.5. The molecular formula is C23H17Cl3F9NO3S. The molecule has 1 amide bonds. The largest absolute Gasteiger partial charge is 0.417 e. The summed E-state index contributed by atoms with van der Waals surface area (Å²) < 4.78 is 144. The monoisotopic (exact) mass is 663 g/mol. The number of rotatable bonds is 9. The number of hydrogen-bond donors (Lipinski definition) is 1. The molecule has 0 saturated heterocycles. The van der Waals surface area contributed by atoms with Crippen LogP contribution in [0.25, 0.3) is 5.83 Å². The van der Waals surface area contributed by atoms with Crippen molar-refractivity contribution >= 4 is 56.4 Å². The molecule has 17 heteroatoms. The van der Waals surface area contributed by atoms with Crippen LogP contribution in [0.4, 0.5) is 39.5 Å². The Morgan fingerprint density at radius 2 is 1.55 bits per heavy atom. The quantitative estimate of drug-likeness (QED) is 0.218. The number of hydrogen-bond acceptors (Lipinski definition) is 3. The van der Waals surface area contributed by atoms with Crippen molar-refractivity contribution in [3.8, 4) is 0 Å². The van der Waals surface area contributed by atoms with Crippen LogP contribution in [0.3, 0.4) is 0 Å². The number of allylic oxidation sites excluding steroid dienone is 1. The highest BCUT2D eigenvalue weighted by molar-refractivity contribution is 7.91. The van der Waals surface area contributed by atoms with E-state index in [4.69, 9.17) is 34.8 Å². The number of carbonyl (C=O) groups excluding carboxylic acids is 1. The summed E-state index contributed by atoms with van der Waals surface area (Å²) in [7, 11) is -4.78. The minimum Gasteiger partial charge on any atom is -0.349 e. The second-order valence-corrected chi connectivity index (χ2v) is 11.8. The SMILES string of the molecule is C[C@H](CS(=O)(=O)CC(F)(F)F)NC(=O)c1ccc(/C(F)=C/C(c2cc(Cl)c(Cl)c(Cl)c2)C(F)F)cc1C(F)(F)F. The molecule has 0 aliphatic rings. The van der Waals surface area contributed by atoms with E-state index in [2.05, 4.69) is 0 Å². The molecular weight excluding hydrogens is 648 g/mol. The molecule has 0 aliphatic heterocycles. The fourth-order valence-corrected chi connectivity index (χ4v) is 5.57. The van der Waals surface area contributed by atoms with Crippen LogP contribution in [-0.4, -0.2) is 44.5 Å². The Hall–Kier alpha value is -2.16. The minimum atomic E-state index is -5.28. The summed E-state index contributed by atoms with van der Waals surface area (Å²) >= 11 is 17.4. The van der Waals surface area contributed by atoms with Gasteiger partial charge in [-0.15, -0.1) is 0 Å². The average molecular weight is 665 g/mol. The molecule has 1 N–H and O–H groups in total. The van der Waals surface area contributed by atoms with Gasteiger partial charge in [0.25, 0.3) is 5.91 Å². The molecule has 0 bridgehead atoms. The van der Waals surface area contributed by atoms with E-state index in [1.54, 1.807) is 0 Å². The number of nitrogens with one attached hydrogen (secondary N) is 1. The van der Waals surface area contributed by atoms with Gasteiger partial charge in [-0.3, -0.25) is 4.79 Å². The maximum absolute atomic E-state index is 15.0. The van der Waals surface area contributed by atoms with Crippen molar-refractivity contribution in [3.63, 3.8) is 0 Å². The van der Waals surface area contributed by atoms with Gasteiger partial charge in [-0.05, 0) is 42.8 Å². The van der Waals surface area contributed by atoms with Gasteiger partial charge in [-0.25, -0.2) is 21.6 Å². The number of sulfone groups is 1. The van der Waals surface area contributed by atoms with Gasteiger partial charge in [-0.2, -0.15) is 26.3 Å². The van der Waals surface area contributed by atoms with Crippen molar-refractivity contribution < 1.29 is 52.7 Å². The Balaban J connectivity index is 2.42. The lowest BCUT2D eigenvalue weighted by Crippen LogP contribution is -2.40. The van der Waals surface area contributed by atoms with Gasteiger partial charge >= 0.3 is 12.4 Å². The summed E-state index contributed by atoms with van der Waals surface area (Å²) in [5, 5.41) is 1.21. The van der Waals surface area contributed by atoms with Crippen LogP contribution in [0.5, 0.6) is 0 Å². The number of benzene rings is 2. The standard InChI is InChI=1S/C23H17Cl3F9NO3S/c1-10(8-40(38,39)9-22(30,31)32)36-21(37)13-3-2-11(4-15(13)23(33,34)35)18(27)7-14(20(28)29)12-5-16(24)19(26)17(25)6-12/h2-7,10,14,20H,8-9H2,1H3,(H,36,37)/b18-7-/t10-,14?/m1/s1. The number of carbonyl (C=O) groups is 1. The summed E-state index contributed by atoms with van der Waals surface area (Å²) in [5.74, 6) is -8.51. The van der Waals surface area contributed by atoms with Gasteiger partial charge < -0.3 is 5.32 Å². The molecule has 222 valence electrons. The molecule has 0 fully saturated rings. The first-order chi connectivity index (χ1) is 18.1. The predicted molar refractivity (Wildman–Crippen MR) is 132 cm³/mol. The first-order valence-corrected chi connectivity index (χ1v) is 13.7. The molecule has 2 aromatic carbocycles. The Morgan fingerprint density at radius 3 is 2.02 bits per heavy atom. The normalized spacial score (nSPS) is 14.8. The molecule has 40 heavy (non-hydrogen) atoms. The first-order valence-electron chi connectivity index (χ1n) is 10.7. The third-order valence-electron chi connectivity index (χ3n) is 5.10. The van der Waals surface area contributed by atoms with Crippen molar-refractivity contribution in [2.24, 2.45) is 0 Å². The van der Waals surface area contributed by atoms with Crippen LogP contribution >= 0.6 is 34.8 Å². The Labute approximate surface area is 237 Å². The predicted octanol–water partition coefficient (Wildman–Crippen LogP) is 8.12. The summed E-state index contributed by atoms with van der Waals surface area (Å²) in [6.07, 6.45) is -13.3. The minimum absolute atomic E-state index is 0.163. The molecule has 1 unspecified atom stereocenters. The highest BCUT2D eigenvalue weighted by Crippen LogP contribution is 2.38. The van der Waals surface area contributed by atoms with Gasteiger partial charge in [0.2, 0.25) is 6.43 Å². The highest BCUT2D eigenvalue weighted by Gasteiger charge is 2.38. The van der Waals surface area contributed by atoms with Crippen LogP contribution in [0, 0.1) is 0 Å². The third-order valence-corrected chi connectivity index (χ3v) is 8.07. The molecule has 2 aromatic rings. The van der Waals surface area contributed by atoms with Crippen molar-refractivity contribution in [1.29, 1.82) is 0 Å². The number of alkyl halides is 8. The lowest BCUT2D eigenvalue weighted by Gasteiger charge is -2.18. The molecule has 0 radical (unpaired) electrons. The van der Waals surface area contributed by atoms with E-state index in [0.717, 1.165) is 19.1 Å². The number of amides is 1. The topological polar surface area (TPSA) is 63.2 Å². The van der Waals surface area contributed by atoms with Gasteiger partial charge in [0.05, 0.1) is 37.9 Å². The second-order valence-electron chi connectivity index (χ2n) is 8.48. The molecule has 2 atom stereocenters. The van der Waals surface area contributed by atoms with E-state index in [-0.39, 0.29) is 26.7 Å². The van der Waals surface area contributed by atoms with Gasteiger partial charge in [0, 0.05) is 11.6 Å². The second kappa shape index (κ2) is 12.8. The van der Waals surface area contributed by atoms with Gasteiger partial charge in [0.1, 0.15) is 11.6 Å². The Morgan fingerprint density at radius 1 is 1.00 bits per heavy atom. The Bertz CT molecular complexity index is 1370. The van der Waals surface area contributed by atoms with E-state index < -0.39 is 80.5 Å². The summed E-state index contributed by atoms with van der Waals surface area (Å²) in [4.78, 5) is 12.4. The maximum Gasteiger partial charge on any atom is 0.417 e. The maximum atomic E-state index is 15.0. The molecule has 0 heterocycles. The van der Waals surface area contributed by atoms with Crippen molar-refractivity contribution in [2.75, 3.05) is 11.5 Å². The van der Waals surface area contributed by atoms with Crippen molar-refractivity contribution in [3.05, 3.63) is 73.7 Å². The van der Waals surface area contributed by atoms with E-state index in [0.29, 0.717) is 18.2 Å². The first kappa shape index (κ1) is 34.0. The molecule has 0 aromatic heterocycles. The van der Waals surface area contributed by atoms with Crippen LogP contribution < -0.4 is 5.32 Å². The molecule has 0 aliphatic carbocycles. The molecule has 2 rings (SSSR count). The van der Waals surface area contributed by atoms with Crippen LogP contribution in [-0.2, 0) is 16.0 Å². The molecule has 0 saturated carbocycles. The third kappa shape index (κ3) is 9.45. The zero-order chi connectivity index (χ0) is 30.8. The fourth-order valence-electron chi connectivity index (χ4n) is 3.49. The lowest BCUT2D eigenvalue weighted by molar-refractivity contribution is -0.138. The molecule has 0 spiro atoms. The summed E-state index contributed by atoms with van der Waals surface area (Å²) in [6, 6.07) is 1.75. The van der Waals surface area contributed by atoms with E-state index in [9.17, 15) is 52.7 Å². The smallest absolute Gasteiger partial charge is 0.349 e. The number of halogens is 12. The fraction of sp³-hybridized carbons (Fsp3) is 0.348. The summed E-state index contributed by atoms with van der Waals surface area (Å²) in [5.41, 5.74) is -3.99.